The molecule has 1 unspecified atom stereocenters. The van der Waals surface area contributed by atoms with Gasteiger partial charge in [0.05, 0.1) is 6.61 Å². The Bertz CT molecular complexity index is 937. The molecule has 5 heteroatoms. The van der Waals surface area contributed by atoms with Crippen molar-refractivity contribution in [3.63, 3.8) is 0 Å². The summed E-state index contributed by atoms with van der Waals surface area (Å²) in [6, 6.07) is 0. The van der Waals surface area contributed by atoms with Crippen LogP contribution in [0.25, 0.3) is 0 Å². The Kier molecular flexibility index (Phi) is 58.2. The lowest BCUT2D eigenvalue weighted by Gasteiger charge is -2.15. The first-order valence-corrected chi connectivity index (χ1v) is 31.1. The van der Waals surface area contributed by atoms with Gasteiger partial charge in [0, 0.05) is 12.8 Å². The molecule has 67 heavy (non-hydrogen) atoms. The first-order chi connectivity index (χ1) is 33.1. The summed E-state index contributed by atoms with van der Waals surface area (Å²) in [6.45, 7) is 4.22. The predicted octanol–water partition coefficient (Wildman–Crippen LogP) is 20.9. The van der Waals surface area contributed by atoms with E-state index in [-0.39, 0.29) is 25.2 Å². The fourth-order valence-electron chi connectivity index (χ4n) is 9.97. The molecule has 0 rings (SSSR count). The van der Waals surface area contributed by atoms with Crippen molar-refractivity contribution in [2.75, 3.05) is 13.2 Å². The molecule has 0 aliphatic heterocycles. The van der Waals surface area contributed by atoms with E-state index >= 15 is 0 Å². The molecule has 0 aromatic heterocycles. The summed E-state index contributed by atoms with van der Waals surface area (Å²) in [7, 11) is 0. The standard InChI is InChI=1S/C62H122O5/c1-3-5-7-9-11-13-15-17-19-21-23-25-27-29-30-31-33-35-37-39-41-43-45-47-49-51-53-55-57-62(65)67-60(58-63)59-66-61(64)56-54-52-50-48-46-44-42-40-38-36-34-32-28-26-24-22-20-18-16-14-12-10-8-6-4-2/h60,63H,3-59H2,1-2H3. The second-order valence-electron chi connectivity index (χ2n) is 21.5. The molecule has 0 saturated heterocycles. The number of ether oxygens (including phenoxy) is 2. The summed E-state index contributed by atoms with van der Waals surface area (Å²) in [6.07, 6.45) is 72.5. The third-order valence-electron chi connectivity index (χ3n) is 14.7. The Morgan fingerprint density at radius 1 is 0.284 bits per heavy atom. The molecule has 0 amide bonds. The second kappa shape index (κ2) is 59.2. The molecule has 1 atom stereocenters. The smallest absolute Gasteiger partial charge is 0.306 e. The van der Waals surface area contributed by atoms with E-state index in [9.17, 15) is 14.7 Å². The van der Waals surface area contributed by atoms with Crippen molar-refractivity contribution in [1.82, 2.24) is 0 Å². The van der Waals surface area contributed by atoms with Crippen LogP contribution in [-0.4, -0.2) is 36.4 Å². The zero-order valence-electron chi connectivity index (χ0n) is 46.0. The van der Waals surface area contributed by atoms with Gasteiger partial charge in [-0.1, -0.05) is 341 Å². The molecule has 400 valence electrons. The zero-order chi connectivity index (χ0) is 48.5. The van der Waals surface area contributed by atoms with Crippen LogP contribution in [0.1, 0.15) is 367 Å². The largest absolute Gasteiger partial charge is 0.462 e. The van der Waals surface area contributed by atoms with E-state index in [0.29, 0.717) is 12.8 Å². The van der Waals surface area contributed by atoms with Crippen molar-refractivity contribution in [3.05, 3.63) is 0 Å². The highest BCUT2D eigenvalue weighted by Gasteiger charge is 2.16. The van der Waals surface area contributed by atoms with Crippen LogP contribution in [0.5, 0.6) is 0 Å². The monoisotopic (exact) mass is 947 g/mol. The Hall–Kier alpha value is -1.10. The number of carbonyl (C=O) groups is 2. The van der Waals surface area contributed by atoms with Gasteiger partial charge in [0.1, 0.15) is 6.61 Å². The van der Waals surface area contributed by atoms with Gasteiger partial charge in [0.15, 0.2) is 6.10 Å². The highest BCUT2D eigenvalue weighted by Crippen LogP contribution is 2.19. The molecule has 0 aliphatic carbocycles. The fraction of sp³-hybridized carbons (Fsp3) is 0.968. The van der Waals surface area contributed by atoms with Gasteiger partial charge in [-0.15, -0.1) is 0 Å². The van der Waals surface area contributed by atoms with E-state index in [2.05, 4.69) is 13.8 Å². The molecule has 0 heterocycles. The number of hydrogen-bond donors (Lipinski definition) is 1. The summed E-state index contributed by atoms with van der Waals surface area (Å²) in [5.74, 6) is -0.561. The maximum absolute atomic E-state index is 12.3. The van der Waals surface area contributed by atoms with Crippen molar-refractivity contribution in [1.29, 1.82) is 0 Å². The lowest BCUT2D eigenvalue weighted by atomic mass is 10.0. The van der Waals surface area contributed by atoms with Gasteiger partial charge in [-0.3, -0.25) is 9.59 Å². The van der Waals surface area contributed by atoms with Crippen LogP contribution in [0.4, 0.5) is 0 Å². The molecule has 0 aromatic rings. The van der Waals surface area contributed by atoms with E-state index in [1.165, 1.54) is 308 Å². The lowest BCUT2D eigenvalue weighted by molar-refractivity contribution is -0.161. The molecular formula is C62H122O5. The first kappa shape index (κ1) is 65.9. The number of aliphatic hydroxyl groups excluding tert-OH is 1. The van der Waals surface area contributed by atoms with E-state index in [1.807, 2.05) is 0 Å². The van der Waals surface area contributed by atoms with Crippen LogP contribution in [-0.2, 0) is 19.1 Å². The maximum Gasteiger partial charge on any atom is 0.306 e. The summed E-state index contributed by atoms with van der Waals surface area (Å²) < 4.78 is 10.7. The quantitative estimate of drug-likeness (QED) is 0.0486. The SMILES string of the molecule is CCCCCCCCCCCCCCCCCCCCCCCCCCCCCCC(=O)OC(CO)COC(=O)CCCCCCCCCCCCCCCCCCCCCCCCCCC. The normalized spacial score (nSPS) is 12.0. The Labute approximate surface area is 420 Å². The van der Waals surface area contributed by atoms with Crippen LogP contribution in [0.3, 0.4) is 0 Å². The highest BCUT2D eigenvalue weighted by atomic mass is 16.6. The molecular weight excluding hydrogens is 825 g/mol. The molecule has 0 aromatic carbocycles. The number of unbranched alkanes of at least 4 members (excludes halogenated alkanes) is 51. The van der Waals surface area contributed by atoms with Gasteiger partial charge in [-0.2, -0.15) is 0 Å². The van der Waals surface area contributed by atoms with Gasteiger partial charge in [0.25, 0.3) is 0 Å². The van der Waals surface area contributed by atoms with Crippen molar-refractivity contribution < 1.29 is 24.2 Å². The zero-order valence-corrected chi connectivity index (χ0v) is 46.0. The molecule has 0 fully saturated rings. The maximum atomic E-state index is 12.3. The number of esters is 2. The fourth-order valence-corrected chi connectivity index (χ4v) is 9.97. The summed E-state index contributed by atoms with van der Waals surface area (Å²) >= 11 is 0. The molecule has 0 saturated carbocycles. The Morgan fingerprint density at radius 2 is 0.463 bits per heavy atom. The average Bonchev–Trinajstić information content (AvgIpc) is 3.33. The minimum Gasteiger partial charge on any atom is -0.462 e. The number of carbonyl (C=O) groups excluding carboxylic acids is 2. The number of aliphatic hydroxyl groups is 1. The predicted molar refractivity (Wildman–Crippen MR) is 293 cm³/mol. The van der Waals surface area contributed by atoms with Crippen molar-refractivity contribution >= 4 is 11.9 Å². The Balaban J connectivity index is 3.37. The third-order valence-corrected chi connectivity index (χ3v) is 14.7. The molecule has 0 radical (unpaired) electrons. The molecule has 1 N–H and O–H groups in total. The van der Waals surface area contributed by atoms with Gasteiger partial charge in [0.2, 0.25) is 0 Å². The first-order valence-electron chi connectivity index (χ1n) is 31.1. The minimum absolute atomic E-state index is 0.0555. The third kappa shape index (κ3) is 57.4. The van der Waals surface area contributed by atoms with Crippen LogP contribution < -0.4 is 0 Å². The molecule has 0 aliphatic rings. The van der Waals surface area contributed by atoms with Crippen LogP contribution in [0, 0.1) is 0 Å². The Morgan fingerprint density at radius 3 is 0.657 bits per heavy atom. The van der Waals surface area contributed by atoms with Crippen LogP contribution in [0.15, 0.2) is 0 Å². The average molecular weight is 948 g/mol. The van der Waals surface area contributed by atoms with Crippen molar-refractivity contribution in [3.8, 4) is 0 Å². The molecule has 5 nitrogen and oxygen atoms in total. The molecule has 0 spiro atoms. The van der Waals surface area contributed by atoms with Crippen LogP contribution >= 0.6 is 0 Å². The van der Waals surface area contributed by atoms with E-state index < -0.39 is 6.10 Å². The van der Waals surface area contributed by atoms with E-state index in [1.54, 1.807) is 0 Å². The highest BCUT2D eigenvalue weighted by molar-refractivity contribution is 5.70. The number of hydrogen-bond acceptors (Lipinski definition) is 5. The van der Waals surface area contributed by atoms with Gasteiger partial charge in [-0.25, -0.2) is 0 Å². The van der Waals surface area contributed by atoms with Crippen molar-refractivity contribution in [2.24, 2.45) is 0 Å². The van der Waals surface area contributed by atoms with Crippen molar-refractivity contribution in [2.45, 2.75) is 373 Å². The van der Waals surface area contributed by atoms with Crippen LogP contribution in [0.2, 0.25) is 0 Å². The van der Waals surface area contributed by atoms with E-state index in [4.69, 9.17) is 9.47 Å². The summed E-state index contributed by atoms with van der Waals surface area (Å²) in [4.78, 5) is 24.6. The van der Waals surface area contributed by atoms with Gasteiger partial charge < -0.3 is 14.6 Å². The summed E-state index contributed by atoms with van der Waals surface area (Å²) in [5.41, 5.74) is 0. The lowest BCUT2D eigenvalue weighted by Crippen LogP contribution is -2.28. The van der Waals surface area contributed by atoms with E-state index in [0.717, 1.165) is 32.1 Å². The minimum atomic E-state index is -0.765. The van der Waals surface area contributed by atoms with Gasteiger partial charge in [-0.05, 0) is 12.8 Å². The van der Waals surface area contributed by atoms with Gasteiger partial charge >= 0.3 is 11.9 Å². The number of rotatable bonds is 59. The molecule has 0 bridgehead atoms. The second-order valence-corrected chi connectivity index (χ2v) is 21.5. The topological polar surface area (TPSA) is 72.8 Å². The summed E-state index contributed by atoms with van der Waals surface area (Å²) in [5, 5.41) is 9.67.